The molecule has 0 radical (unpaired) electrons. The van der Waals surface area contributed by atoms with Crippen LogP contribution in [0, 0.1) is 0 Å². The van der Waals surface area contributed by atoms with Crippen LogP contribution in [0.25, 0.3) is 21.8 Å². The van der Waals surface area contributed by atoms with Gasteiger partial charge in [0, 0.05) is 22.2 Å². The second-order valence-corrected chi connectivity index (χ2v) is 9.51. The van der Waals surface area contributed by atoms with E-state index in [9.17, 15) is 0 Å². The molecule has 0 atom stereocenters. The predicted octanol–water partition coefficient (Wildman–Crippen LogP) is 7.23. The highest BCUT2D eigenvalue weighted by Crippen LogP contribution is 2.37. The number of fused-ring (bicyclic) bond motifs is 5. The summed E-state index contributed by atoms with van der Waals surface area (Å²) in [5, 5.41) is 2.78. The minimum atomic E-state index is 1.15. The van der Waals surface area contributed by atoms with Gasteiger partial charge in [0.05, 0.1) is 11.0 Å². The van der Waals surface area contributed by atoms with E-state index in [-0.39, 0.29) is 0 Å². The van der Waals surface area contributed by atoms with Gasteiger partial charge in [-0.3, -0.25) is 9.97 Å². The third-order valence-corrected chi connectivity index (χ3v) is 7.46. The predicted molar refractivity (Wildman–Crippen MR) is 128 cm³/mol. The largest absolute Gasteiger partial charge is 0.250 e. The average Bonchev–Trinajstić information content (AvgIpc) is 2.79. The summed E-state index contributed by atoms with van der Waals surface area (Å²) in [6.45, 7) is 4.61. The molecule has 30 heavy (non-hydrogen) atoms. The van der Waals surface area contributed by atoms with Crippen LogP contribution >= 0.6 is 0 Å². The Balaban J connectivity index is 1.80. The zero-order chi connectivity index (χ0) is 20.5. The molecule has 0 spiro atoms. The molecule has 0 bridgehead atoms. The van der Waals surface area contributed by atoms with Gasteiger partial charge in [0.2, 0.25) is 0 Å². The number of aromatic nitrogens is 2. The van der Waals surface area contributed by atoms with Gasteiger partial charge in [-0.25, -0.2) is 0 Å². The molecule has 3 aromatic rings. The zero-order valence-corrected chi connectivity index (χ0v) is 18.9. The quantitative estimate of drug-likeness (QED) is 0.408. The molecule has 0 amide bonds. The number of rotatable bonds is 6. The molecule has 2 heterocycles. The normalized spacial score (nSPS) is 16.1. The molecule has 2 aromatic heterocycles. The van der Waals surface area contributed by atoms with E-state index in [1.807, 2.05) is 0 Å². The third-order valence-electron chi connectivity index (χ3n) is 7.46. The highest BCUT2D eigenvalue weighted by atomic mass is 14.8. The van der Waals surface area contributed by atoms with Gasteiger partial charge >= 0.3 is 0 Å². The Hall–Kier alpha value is -1.96. The van der Waals surface area contributed by atoms with Crippen LogP contribution in [0.3, 0.4) is 0 Å². The number of pyridine rings is 2. The fraction of sp³-hybridized carbons (Fsp3) is 0.571. The van der Waals surface area contributed by atoms with E-state index < -0.39 is 0 Å². The van der Waals surface area contributed by atoms with Gasteiger partial charge in [0.25, 0.3) is 0 Å². The van der Waals surface area contributed by atoms with Crippen molar-refractivity contribution in [3.63, 3.8) is 0 Å². The van der Waals surface area contributed by atoms with Crippen LogP contribution in [-0.2, 0) is 38.5 Å². The summed E-state index contributed by atoms with van der Waals surface area (Å²) in [5.41, 5.74) is 11.5. The molecule has 158 valence electrons. The van der Waals surface area contributed by atoms with Crippen molar-refractivity contribution in [2.24, 2.45) is 0 Å². The van der Waals surface area contributed by atoms with Crippen molar-refractivity contribution in [3.05, 3.63) is 45.8 Å². The first-order valence-electron chi connectivity index (χ1n) is 12.6. The van der Waals surface area contributed by atoms with Crippen molar-refractivity contribution < 1.29 is 0 Å². The van der Waals surface area contributed by atoms with Crippen LogP contribution in [0.2, 0.25) is 0 Å². The number of hydrogen-bond donors (Lipinski definition) is 0. The fourth-order valence-corrected chi connectivity index (χ4v) is 5.84. The van der Waals surface area contributed by atoms with Gasteiger partial charge in [-0.15, -0.1) is 0 Å². The number of aryl methyl sites for hydroxylation is 4. The molecule has 2 aliphatic rings. The first-order chi connectivity index (χ1) is 14.8. The number of nitrogens with zero attached hydrogens (tertiary/aromatic N) is 2. The Kier molecular flexibility index (Phi) is 5.76. The van der Waals surface area contributed by atoms with E-state index in [0.29, 0.717) is 0 Å². The Morgan fingerprint density at radius 2 is 1.07 bits per heavy atom. The summed E-state index contributed by atoms with van der Waals surface area (Å²) < 4.78 is 0. The molecule has 0 aliphatic heterocycles. The Bertz CT molecular complexity index is 993. The minimum Gasteiger partial charge on any atom is -0.250 e. The van der Waals surface area contributed by atoms with Gasteiger partial charge in [0.1, 0.15) is 0 Å². The maximum absolute atomic E-state index is 5.32. The molecular formula is C28H36N2. The molecule has 0 saturated heterocycles. The van der Waals surface area contributed by atoms with E-state index in [2.05, 4.69) is 26.0 Å². The number of benzene rings is 1. The Labute approximate surface area is 181 Å². The highest BCUT2D eigenvalue weighted by Gasteiger charge is 2.23. The van der Waals surface area contributed by atoms with Crippen molar-refractivity contribution in [2.45, 2.75) is 104 Å². The first kappa shape index (κ1) is 20.0. The third kappa shape index (κ3) is 3.43. The van der Waals surface area contributed by atoms with Crippen molar-refractivity contribution in [1.29, 1.82) is 0 Å². The lowest BCUT2D eigenvalue weighted by molar-refractivity contribution is 0.658. The summed E-state index contributed by atoms with van der Waals surface area (Å²) in [6.07, 6.45) is 17.4. The monoisotopic (exact) mass is 400 g/mol. The van der Waals surface area contributed by atoms with Crippen LogP contribution in [0.1, 0.15) is 98.9 Å². The van der Waals surface area contributed by atoms with E-state index in [4.69, 9.17) is 9.97 Å². The maximum Gasteiger partial charge on any atom is 0.0971 e. The zero-order valence-electron chi connectivity index (χ0n) is 18.9. The van der Waals surface area contributed by atoms with Gasteiger partial charge < -0.3 is 0 Å². The standard InChI is InChI=1S/C28H36N2/c1-3-5-11-19-21-13-7-9-15-25(21)29-27-23(19)17-18-24-20(12-6-4-2)22-14-8-10-16-26(22)30-28(24)27/h17-18H,3-16H2,1-2H3. The lowest BCUT2D eigenvalue weighted by atomic mass is 9.85. The fourth-order valence-electron chi connectivity index (χ4n) is 5.84. The highest BCUT2D eigenvalue weighted by molar-refractivity contribution is 6.06. The van der Waals surface area contributed by atoms with Crippen molar-refractivity contribution >= 4 is 21.8 Å². The van der Waals surface area contributed by atoms with Crippen molar-refractivity contribution in [3.8, 4) is 0 Å². The van der Waals surface area contributed by atoms with Crippen LogP contribution in [0.15, 0.2) is 12.1 Å². The maximum atomic E-state index is 5.32. The van der Waals surface area contributed by atoms with Gasteiger partial charge in [-0.05, 0) is 99.3 Å². The Morgan fingerprint density at radius 1 is 0.633 bits per heavy atom. The van der Waals surface area contributed by atoms with E-state index in [1.54, 1.807) is 22.3 Å². The summed E-state index contributed by atoms with van der Waals surface area (Å²) in [4.78, 5) is 10.6. The van der Waals surface area contributed by atoms with Crippen molar-refractivity contribution in [2.75, 3.05) is 0 Å². The molecule has 2 heteroatoms. The van der Waals surface area contributed by atoms with E-state index in [0.717, 1.165) is 12.8 Å². The van der Waals surface area contributed by atoms with Gasteiger partial charge in [-0.1, -0.05) is 38.8 Å². The molecule has 1 aromatic carbocycles. The first-order valence-corrected chi connectivity index (χ1v) is 12.6. The topological polar surface area (TPSA) is 25.8 Å². The molecule has 0 N–H and O–H groups in total. The van der Waals surface area contributed by atoms with E-state index >= 15 is 0 Å². The lowest BCUT2D eigenvalue weighted by Gasteiger charge is -2.24. The van der Waals surface area contributed by atoms with Crippen molar-refractivity contribution in [1.82, 2.24) is 9.97 Å². The minimum absolute atomic E-state index is 1.15. The average molecular weight is 401 g/mol. The summed E-state index contributed by atoms with van der Waals surface area (Å²) >= 11 is 0. The van der Waals surface area contributed by atoms with Crippen LogP contribution in [0.4, 0.5) is 0 Å². The van der Waals surface area contributed by atoms with Gasteiger partial charge in [-0.2, -0.15) is 0 Å². The number of unbranched alkanes of at least 4 members (excludes halogenated alkanes) is 2. The van der Waals surface area contributed by atoms with Crippen LogP contribution in [-0.4, -0.2) is 9.97 Å². The number of hydrogen-bond acceptors (Lipinski definition) is 2. The molecule has 0 fully saturated rings. The molecule has 2 aliphatic carbocycles. The summed E-state index contributed by atoms with van der Waals surface area (Å²) in [5.74, 6) is 0. The second kappa shape index (κ2) is 8.65. The second-order valence-electron chi connectivity index (χ2n) is 9.51. The van der Waals surface area contributed by atoms with Gasteiger partial charge in [0.15, 0.2) is 0 Å². The molecular weight excluding hydrogens is 364 g/mol. The summed E-state index contributed by atoms with van der Waals surface area (Å²) in [6, 6.07) is 4.80. The molecule has 2 nitrogen and oxygen atoms in total. The lowest BCUT2D eigenvalue weighted by Crippen LogP contribution is -2.12. The Morgan fingerprint density at radius 3 is 1.50 bits per heavy atom. The SMILES string of the molecule is CCCCc1c2c(nc3c1ccc1c(CCCC)c4c(nc13)CCCC4)CCCC2. The smallest absolute Gasteiger partial charge is 0.0971 e. The summed E-state index contributed by atoms with van der Waals surface area (Å²) in [7, 11) is 0. The van der Waals surface area contributed by atoms with Crippen LogP contribution in [0.5, 0.6) is 0 Å². The van der Waals surface area contributed by atoms with Crippen LogP contribution < -0.4 is 0 Å². The van der Waals surface area contributed by atoms with E-state index in [1.165, 1.54) is 110 Å². The molecule has 0 saturated carbocycles. The molecule has 5 rings (SSSR count). The molecule has 0 unspecified atom stereocenters.